The smallest absolute Gasteiger partial charge is 0.264 e. The number of methoxy groups -OCH3 is 1. The van der Waals surface area contributed by atoms with Crippen molar-refractivity contribution in [3.05, 3.63) is 96.2 Å². The zero-order chi connectivity index (χ0) is 29.2. The first-order valence-corrected chi connectivity index (χ1v) is 14.8. The predicted molar refractivity (Wildman–Crippen MR) is 157 cm³/mol. The van der Waals surface area contributed by atoms with Crippen molar-refractivity contribution in [2.75, 3.05) is 38.0 Å². The highest BCUT2D eigenvalue weighted by atomic mass is 32.2. The van der Waals surface area contributed by atoms with E-state index < -0.39 is 15.4 Å². The van der Waals surface area contributed by atoms with Crippen LogP contribution in [-0.2, 0) is 20.2 Å². The molecule has 9 nitrogen and oxygen atoms in total. The van der Waals surface area contributed by atoms with Crippen LogP contribution in [0.3, 0.4) is 0 Å². The summed E-state index contributed by atoms with van der Waals surface area (Å²) in [5.41, 5.74) is 1.20. The number of amides is 2. The topological polar surface area (TPSA) is 109 Å². The van der Waals surface area contributed by atoms with Gasteiger partial charge in [-0.15, -0.1) is 0 Å². The third kappa shape index (κ3) is 5.60. The molecule has 0 unspecified atom stereocenters. The Labute approximate surface area is 239 Å². The molecule has 1 aromatic heterocycles. The summed E-state index contributed by atoms with van der Waals surface area (Å²) >= 11 is 0. The van der Waals surface area contributed by atoms with Gasteiger partial charge in [0.2, 0.25) is 5.91 Å². The number of fused-ring (bicyclic) bond motifs is 1. The Morgan fingerprint density at radius 1 is 0.878 bits per heavy atom. The first-order valence-electron chi connectivity index (χ1n) is 13.3. The van der Waals surface area contributed by atoms with E-state index in [0.717, 1.165) is 5.56 Å². The zero-order valence-corrected chi connectivity index (χ0v) is 24.0. The largest absolute Gasteiger partial charge is 0.495 e. The molecule has 212 valence electrons. The fourth-order valence-corrected chi connectivity index (χ4v) is 6.32. The molecule has 41 heavy (non-hydrogen) atoms. The molecule has 0 aliphatic carbocycles. The quantitative estimate of drug-likeness (QED) is 0.354. The maximum atomic E-state index is 13.3. The van der Waals surface area contributed by atoms with Gasteiger partial charge in [0.1, 0.15) is 10.6 Å². The average molecular weight is 573 g/mol. The highest BCUT2D eigenvalue weighted by Gasteiger charge is 2.36. The Bertz CT molecular complexity index is 1690. The van der Waals surface area contributed by atoms with Gasteiger partial charge in [0.15, 0.2) is 0 Å². The van der Waals surface area contributed by atoms with Gasteiger partial charge >= 0.3 is 0 Å². The number of hydrogen-bond acceptors (Lipinski definition) is 6. The highest BCUT2D eigenvalue weighted by Crippen LogP contribution is 2.31. The van der Waals surface area contributed by atoms with Crippen LogP contribution in [0.2, 0.25) is 0 Å². The van der Waals surface area contributed by atoms with Crippen molar-refractivity contribution in [3.63, 3.8) is 0 Å². The minimum atomic E-state index is -4.00. The van der Waals surface area contributed by atoms with Crippen LogP contribution in [0.15, 0.2) is 90.0 Å². The molecule has 1 aliphatic rings. The van der Waals surface area contributed by atoms with Gasteiger partial charge in [-0.05, 0) is 49.7 Å². The minimum absolute atomic E-state index is 0.0236. The Morgan fingerprint density at radius 2 is 1.56 bits per heavy atom. The molecule has 0 saturated carbocycles. The normalized spacial score (nSPS) is 14.1. The second-order valence-electron chi connectivity index (χ2n) is 10.4. The molecule has 4 aromatic rings. The second-order valence-corrected chi connectivity index (χ2v) is 12.1. The second kappa shape index (κ2) is 11.2. The monoisotopic (exact) mass is 572 g/mol. The Morgan fingerprint density at radius 3 is 2.27 bits per heavy atom. The van der Waals surface area contributed by atoms with Gasteiger partial charge in [-0.25, -0.2) is 8.42 Å². The summed E-state index contributed by atoms with van der Waals surface area (Å²) in [6.45, 7) is 5.46. The third-order valence-electron chi connectivity index (χ3n) is 7.46. The van der Waals surface area contributed by atoms with Crippen molar-refractivity contribution in [2.24, 2.45) is 0 Å². The van der Waals surface area contributed by atoms with E-state index in [-0.39, 0.29) is 28.1 Å². The van der Waals surface area contributed by atoms with E-state index in [4.69, 9.17) is 4.74 Å². The van der Waals surface area contributed by atoms with E-state index in [2.05, 4.69) is 9.71 Å². The molecule has 1 saturated heterocycles. The van der Waals surface area contributed by atoms with Crippen molar-refractivity contribution in [1.82, 2.24) is 14.8 Å². The number of rotatable bonds is 7. The lowest BCUT2D eigenvalue weighted by Crippen LogP contribution is -2.54. The molecular formula is C31H32N4O5S. The molecule has 0 radical (unpaired) electrons. The van der Waals surface area contributed by atoms with Gasteiger partial charge in [0.25, 0.3) is 15.9 Å². The first-order chi connectivity index (χ1) is 19.6. The number of nitrogens with one attached hydrogen (secondary N) is 1. The van der Waals surface area contributed by atoms with E-state index in [1.807, 2.05) is 44.2 Å². The van der Waals surface area contributed by atoms with Crippen molar-refractivity contribution >= 4 is 38.4 Å². The summed E-state index contributed by atoms with van der Waals surface area (Å²) in [5, 5.41) is 0.703. The standard InChI is InChI=1S/C31H32N4O5S/c1-31(2,24-11-5-4-6-12-24)30(37)35-19-17-34(18-20-35)29(36)23-14-15-25(26(21-23)40-3)33-41(38,39)27-13-7-9-22-10-8-16-32-28(22)27/h4-16,21,33H,17-20H2,1-3H3. The molecule has 10 heteroatoms. The maximum Gasteiger partial charge on any atom is 0.264 e. The molecule has 5 rings (SSSR count). The predicted octanol–water partition coefficient (Wildman–Crippen LogP) is 4.31. The van der Waals surface area contributed by atoms with Crippen LogP contribution in [0.5, 0.6) is 5.75 Å². The molecule has 3 aromatic carbocycles. The zero-order valence-electron chi connectivity index (χ0n) is 23.2. The van der Waals surface area contributed by atoms with E-state index in [9.17, 15) is 18.0 Å². The Hall–Kier alpha value is -4.44. The van der Waals surface area contributed by atoms with Gasteiger partial charge in [-0.1, -0.05) is 48.5 Å². The molecule has 0 spiro atoms. The molecule has 1 N–H and O–H groups in total. The Kier molecular flexibility index (Phi) is 7.68. The number of carbonyl (C=O) groups excluding carboxylic acids is 2. The fraction of sp³-hybridized carbons (Fsp3) is 0.258. The van der Waals surface area contributed by atoms with Gasteiger partial charge in [-0.3, -0.25) is 19.3 Å². The van der Waals surface area contributed by atoms with E-state index >= 15 is 0 Å². The summed E-state index contributed by atoms with van der Waals surface area (Å²) in [7, 11) is -2.58. The van der Waals surface area contributed by atoms with Crippen LogP contribution in [-0.4, -0.2) is 68.3 Å². The summed E-state index contributed by atoms with van der Waals surface area (Å²) < 4.78 is 34.6. The first kappa shape index (κ1) is 28.1. The average Bonchev–Trinajstić information content (AvgIpc) is 3.00. The maximum absolute atomic E-state index is 13.3. The number of aromatic nitrogens is 1. The lowest BCUT2D eigenvalue weighted by Gasteiger charge is -2.38. The molecule has 1 aliphatic heterocycles. The third-order valence-corrected chi connectivity index (χ3v) is 8.86. The van der Waals surface area contributed by atoms with Crippen LogP contribution in [0, 0.1) is 0 Å². The Balaban J connectivity index is 1.28. The van der Waals surface area contributed by atoms with Crippen molar-refractivity contribution < 1.29 is 22.7 Å². The summed E-state index contributed by atoms with van der Waals surface area (Å²) in [4.78, 5) is 34.4. The lowest BCUT2D eigenvalue weighted by molar-refractivity contribution is -0.137. The number of benzene rings is 3. The number of sulfonamides is 1. The number of hydrogen-bond donors (Lipinski definition) is 1. The summed E-state index contributed by atoms with van der Waals surface area (Å²) in [6, 6.07) is 22.8. The SMILES string of the molecule is COc1cc(C(=O)N2CCN(C(=O)C(C)(C)c3ccccc3)CC2)ccc1NS(=O)(=O)c1cccc2cccnc12. The molecule has 2 heterocycles. The number of pyridine rings is 1. The minimum Gasteiger partial charge on any atom is -0.495 e. The fourth-order valence-electron chi connectivity index (χ4n) is 5.07. The van der Waals surface area contributed by atoms with Gasteiger partial charge in [-0.2, -0.15) is 0 Å². The molecule has 1 fully saturated rings. The van der Waals surface area contributed by atoms with Gasteiger partial charge in [0, 0.05) is 43.3 Å². The number of piperazine rings is 1. The molecular weight excluding hydrogens is 540 g/mol. The van der Waals surface area contributed by atoms with Crippen molar-refractivity contribution in [1.29, 1.82) is 0 Å². The van der Waals surface area contributed by atoms with Gasteiger partial charge < -0.3 is 14.5 Å². The molecule has 0 atom stereocenters. The van der Waals surface area contributed by atoms with Crippen molar-refractivity contribution in [2.45, 2.75) is 24.2 Å². The van der Waals surface area contributed by atoms with Crippen LogP contribution in [0.1, 0.15) is 29.8 Å². The number of para-hydroxylation sites is 1. The lowest BCUT2D eigenvalue weighted by atomic mass is 9.83. The number of carbonyl (C=O) groups is 2. The van der Waals surface area contributed by atoms with Crippen LogP contribution in [0.4, 0.5) is 5.69 Å². The summed E-state index contributed by atoms with van der Waals surface area (Å²) in [5.74, 6) is 0.0203. The van der Waals surface area contributed by atoms with E-state index in [1.165, 1.54) is 25.3 Å². The molecule has 2 amide bonds. The van der Waals surface area contributed by atoms with Crippen LogP contribution >= 0.6 is 0 Å². The summed E-state index contributed by atoms with van der Waals surface area (Å²) in [6.07, 6.45) is 1.54. The van der Waals surface area contributed by atoms with Crippen LogP contribution < -0.4 is 9.46 Å². The van der Waals surface area contributed by atoms with Crippen LogP contribution in [0.25, 0.3) is 10.9 Å². The van der Waals surface area contributed by atoms with Gasteiger partial charge in [0.05, 0.1) is 23.7 Å². The highest BCUT2D eigenvalue weighted by molar-refractivity contribution is 7.93. The number of nitrogens with zero attached hydrogens (tertiary/aromatic N) is 3. The van der Waals surface area contributed by atoms with Crippen molar-refractivity contribution in [3.8, 4) is 5.75 Å². The van der Waals surface area contributed by atoms with E-state index in [0.29, 0.717) is 42.6 Å². The van der Waals surface area contributed by atoms with E-state index in [1.54, 1.807) is 46.3 Å². The molecule has 0 bridgehead atoms. The number of anilines is 1. The number of ether oxygens (including phenoxy) is 1.